The lowest BCUT2D eigenvalue weighted by Gasteiger charge is -2.17. The van der Waals surface area contributed by atoms with Crippen LogP contribution in [0.4, 0.5) is 0 Å². The fraction of sp³-hybridized carbons (Fsp3) is 1.00. The van der Waals surface area contributed by atoms with Crippen molar-refractivity contribution in [2.75, 3.05) is 33.7 Å². The van der Waals surface area contributed by atoms with Crippen molar-refractivity contribution in [3.8, 4) is 0 Å². The Balaban J connectivity index is 0. The molecule has 0 radical (unpaired) electrons. The van der Waals surface area contributed by atoms with Crippen molar-refractivity contribution >= 4 is 0 Å². The molecule has 0 heterocycles. The van der Waals surface area contributed by atoms with Crippen LogP contribution < -0.4 is 5.32 Å². The fourth-order valence-electron chi connectivity index (χ4n) is 0.893. The van der Waals surface area contributed by atoms with Gasteiger partial charge < -0.3 is 10.2 Å². The molecular formula is C9H24N2. The lowest BCUT2D eigenvalue weighted by atomic mass is 10.1. The zero-order chi connectivity index (χ0) is 8.69. The van der Waals surface area contributed by atoms with E-state index in [0.29, 0.717) is 0 Å². The first-order valence-electron chi connectivity index (χ1n) is 4.50. The van der Waals surface area contributed by atoms with Crippen LogP contribution >= 0.6 is 0 Å². The summed E-state index contributed by atoms with van der Waals surface area (Å²) >= 11 is 0. The van der Waals surface area contributed by atoms with Crippen molar-refractivity contribution in [2.24, 2.45) is 5.92 Å². The highest BCUT2D eigenvalue weighted by atomic mass is 15.1. The first-order valence-corrected chi connectivity index (χ1v) is 4.50. The van der Waals surface area contributed by atoms with Gasteiger partial charge in [0.15, 0.2) is 0 Å². The highest BCUT2D eigenvalue weighted by molar-refractivity contribution is 4.54. The number of hydrogen-bond acceptors (Lipinski definition) is 2. The summed E-state index contributed by atoms with van der Waals surface area (Å²) in [6.07, 6.45) is 1.31. The number of nitrogens with zero attached hydrogens (tertiary/aromatic N) is 1. The molecule has 0 fully saturated rings. The summed E-state index contributed by atoms with van der Waals surface area (Å²) in [4.78, 5) is 2.37. The van der Waals surface area contributed by atoms with Gasteiger partial charge in [0, 0.05) is 14.5 Å². The van der Waals surface area contributed by atoms with Crippen LogP contribution in [-0.4, -0.2) is 38.6 Å². The van der Waals surface area contributed by atoms with Crippen molar-refractivity contribution in [1.82, 2.24) is 10.2 Å². The first-order chi connectivity index (χ1) is 5.16. The SMILES string of the molecule is CNCCN(C)CCC(C)C.[HH]. The molecule has 0 aromatic rings. The van der Waals surface area contributed by atoms with Gasteiger partial charge in [0.1, 0.15) is 0 Å². The van der Waals surface area contributed by atoms with Crippen LogP contribution in [0.5, 0.6) is 0 Å². The third-order valence-corrected chi connectivity index (χ3v) is 1.83. The van der Waals surface area contributed by atoms with Crippen LogP contribution in [0.25, 0.3) is 0 Å². The van der Waals surface area contributed by atoms with Crippen molar-refractivity contribution in [1.29, 1.82) is 0 Å². The molecule has 0 aromatic heterocycles. The molecule has 11 heavy (non-hydrogen) atoms. The standard InChI is InChI=1S/C9H22N2.H2/c1-9(2)5-7-11(4)8-6-10-3;/h9-10H,5-8H2,1-4H3;1H. The maximum atomic E-state index is 3.14. The minimum absolute atomic E-state index is 0. The normalized spacial score (nSPS) is 11.5. The van der Waals surface area contributed by atoms with E-state index in [4.69, 9.17) is 0 Å². The zero-order valence-corrected chi connectivity index (χ0v) is 8.35. The Hall–Kier alpha value is -0.0800. The van der Waals surface area contributed by atoms with Gasteiger partial charge in [-0.15, -0.1) is 0 Å². The van der Waals surface area contributed by atoms with E-state index >= 15 is 0 Å². The summed E-state index contributed by atoms with van der Waals surface area (Å²) < 4.78 is 0. The topological polar surface area (TPSA) is 15.3 Å². The molecule has 0 aliphatic rings. The Morgan fingerprint density at radius 1 is 1.36 bits per heavy atom. The predicted octanol–water partition coefficient (Wildman–Crippen LogP) is 1.43. The van der Waals surface area contributed by atoms with E-state index in [2.05, 4.69) is 31.1 Å². The van der Waals surface area contributed by atoms with E-state index in [1.54, 1.807) is 0 Å². The van der Waals surface area contributed by atoms with Crippen LogP contribution in [-0.2, 0) is 0 Å². The average molecular weight is 160 g/mol. The van der Waals surface area contributed by atoms with Crippen LogP contribution in [0.3, 0.4) is 0 Å². The maximum absolute atomic E-state index is 3.14. The minimum atomic E-state index is 0. The van der Waals surface area contributed by atoms with Gasteiger partial charge in [0.25, 0.3) is 0 Å². The van der Waals surface area contributed by atoms with Gasteiger partial charge in [-0.1, -0.05) is 13.8 Å². The highest BCUT2D eigenvalue weighted by Crippen LogP contribution is 1.99. The summed E-state index contributed by atoms with van der Waals surface area (Å²) in [5.74, 6) is 0.826. The number of rotatable bonds is 6. The molecule has 0 aromatic carbocycles. The van der Waals surface area contributed by atoms with E-state index in [0.717, 1.165) is 19.0 Å². The molecule has 0 unspecified atom stereocenters. The summed E-state index contributed by atoms with van der Waals surface area (Å²) in [7, 11) is 4.18. The summed E-state index contributed by atoms with van der Waals surface area (Å²) in [5, 5.41) is 3.14. The lowest BCUT2D eigenvalue weighted by molar-refractivity contribution is 0.312. The molecule has 70 valence electrons. The van der Waals surface area contributed by atoms with Gasteiger partial charge in [-0.3, -0.25) is 0 Å². The van der Waals surface area contributed by atoms with Gasteiger partial charge >= 0.3 is 0 Å². The molecule has 1 N–H and O–H groups in total. The van der Waals surface area contributed by atoms with Gasteiger partial charge in [0.05, 0.1) is 0 Å². The second-order valence-electron chi connectivity index (χ2n) is 3.59. The van der Waals surface area contributed by atoms with E-state index in [1.807, 2.05) is 7.05 Å². The molecule has 0 spiro atoms. The molecule has 0 rings (SSSR count). The van der Waals surface area contributed by atoms with Crippen LogP contribution in [0.2, 0.25) is 0 Å². The third kappa shape index (κ3) is 7.82. The fourth-order valence-corrected chi connectivity index (χ4v) is 0.893. The molecule has 0 aliphatic heterocycles. The van der Waals surface area contributed by atoms with E-state index in [1.165, 1.54) is 13.0 Å². The van der Waals surface area contributed by atoms with E-state index in [9.17, 15) is 0 Å². The summed E-state index contributed by atoms with van der Waals surface area (Å²) in [5.41, 5.74) is 0. The van der Waals surface area contributed by atoms with Crippen LogP contribution in [0.1, 0.15) is 21.7 Å². The van der Waals surface area contributed by atoms with Crippen LogP contribution in [0, 0.1) is 5.92 Å². The average Bonchev–Trinajstić information content (AvgIpc) is 1.97. The van der Waals surface area contributed by atoms with Crippen LogP contribution in [0.15, 0.2) is 0 Å². The number of hydrogen-bond donors (Lipinski definition) is 1. The molecule has 2 heteroatoms. The van der Waals surface area contributed by atoms with Gasteiger partial charge in [-0.2, -0.15) is 0 Å². The molecular weight excluding hydrogens is 136 g/mol. The molecule has 2 nitrogen and oxygen atoms in total. The minimum Gasteiger partial charge on any atom is -0.318 e. The van der Waals surface area contributed by atoms with Gasteiger partial charge in [-0.05, 0) is 33.0 Å². The van der Waals surface area contributed by atoms with Gasteiger partial charge in [0.2, 0.25) is 0 Å². The Morgan fingerprint density at radius 2 is 2.00 bits per heavy atom. The monoisotopic (exact) mass is 160 g/mol. The highest BCUT2D eigenvalue weighted by Gasteiger charge is 1.98. The molecule has 0 amide bonds. The smallest absolute Gasteiger partial charge is 0.0104 e. The second-order valence-corrected chi connectivity index (χ2v) is 3.59. The Kier molecular flexibility index (Phi) is 6.57. The Bertz CT molecular complexity index is 86.6. The second kappa shape index (κ2) is 6.62. The zero-order valence-electron chi connectivity index (χ0n) is 8.35. The third-order valence-electron chi connectivity index (χ3n) is 1.83. The van der Waals surface area contributed by atoms with Gasteiger partial charge in [-0.25, -0.2) is 0 Å². The van der Waals surface area contributed by atoms with Crippen molar-refractivity contribution in [3.05, 3.63) is 0 Å². The van der Waals surface area contributed by atoms with E-state index in [-0.39, 0.29) is 1.43 Å². The number of likely N-dealkylation sites (N-methyl/N-ethyl adjacent to an activating group) is 2. The Morgan fingerprint density at radius 3 is 2.45 bits per heavy atom. The maximum Gasteiger partial charge on any atom is 0.0104 e. The Labute approximate surface area is 72.5 Å². The lowest BCUT2D eigenvalue weighted by Crippen LogP contribution is -2.28. The summed E-state index contributed by atoms with van der Waals surface area (Å²) in [6.45, 7) is 8.01. The quantitative estimate of drug-likeness (QED) is 0.632. The predicted molar refractivity (Wildman–Crippen MR) is 53.0 cm³/mol. The molecule has 0 aliphatic carbocycles. The summed E-state index contributed by atoms with van der Waals surface area (Å²) in [6, 6.07) is 0. The van der Waals surface area contributed by atoms with Crippen molar-refractivity contribution in [3.63, 3.8) is 0 Å². The van der Waals surface area contributed by atoms with Crippen molar-refractivity contribution < 1.29 is 1.43 Å². The first kappa shape index (κ1) is 10.9. The molecule has 0 bridgehead atoms. The number of nitrogens with one attached hydrogen (secondary N) is 1. The van der Waals surface area contributed by atoms with Crippen molar-refractivity contribution in [2.45, 2.75) is 20.3 Å². The molecule has 0 saturated carbocycles. The molecule has 0 atom stereocenters. The van der Waals surface area contributed by atoms with E-state index < -0.39 is 0 Å². The molecule has 0 saturated heterocycles. The largest absolute Gasteiger partial charge is 0.318 e.